The van der Waals surface area contributed by atoms with Crippen LogP contribution in [0.3, 0.4) is 0 Å². The first-order chi connectivity index (χ1) is 13.9. The average Bonchev–Trinajstić information content (AvgIpc) is 3.22. The van der Waals surface area contributed by atoms with Gasteiger partial charge in [-0.15, -0.1) is 0 Å². The van der Waals surface area contributed by atoms with Gasteiger partial charge in [-0.2, -0.15) is 0 Å². The van der Waals surface area contributed by atoms with Crippen molar-refractivity contribution >= 4 is 17.9 Å². The maximum Gasteiger partial charge on any atom is 0.277 e. The molecule has 29 heavy (non-hydrogen) atoms. The first-order valence-corrected chi connectivity index (χ1v) is 9.16. The van der Waals surface area contributed by atoms with Gasteiger partial charge in [0.1, 0.15) is 11.5 Å². The van der Waals surface area contributed by atoms with Crippen LogP contribution in [0.1, 0.15) is 22.4 Å². The molecule has 1 aliphatic heterocycles. The fraction of sp³-hybridized carbons (Fsp3) is 0.136. The summed E-state index contributed by atoms with van der Waals surface area (Å²) in [6.07, 6.45) is 5.46. The molecule has 1 fully saturated rings. The Morgan fingerprint density at radius 3 is 2.59 bits per heavy atom. The van der Waals surface area contributed by atoms with Gasteiger partial charge in [0.25, 0.3) is 5.91 Å². The number of hydrogen-bond acceptors (Lipinski definition) is 3. The van der Waals surface area contributed by atoms with Gasteiger partial charge in [-0.25, -0.2) is 9.37 Å². The molecule has 1 aliphatic rings. The molecule has 7 heteroatoms. The lowest BCUT2D eigenvalue weighted by atomic mass is 10.1. The predicted molar refractivity (Wildman–Crippen MR) is 109 cm³/mol. The largest absolute Gasteiger partial charge is 0.321 e. The second kappa shape index (κ2) is 7.35. The van der Waals surface area contributed by atoms with Crippen LogP contribution >= 0.6 is 0 Å². The van der Waals surface area contributed by atoms with Gasteiger partial charge in [0.2, 0.25) is 5.96 Å². The van der Waals surface area contributed by atoms with Gasteiger partial charge >= 0.3 is 0 Å². The second-order valence-electron chi connectivity index (χ2n) is 7.02. The number of carbonyl (C=O) groups excluding carboxylic acids is 1. The molecule has 4 rings (SSSR count). The molecule has 1 amide bonds. The maximum absolute atomic E-state index is 13.1. The molecular formula is C22H20FN5O. The van der Waals surface area contributed by atoms with Gasteiger partial charge in [0.15, 0.2) is 0 Å². The van der Waals surface area contributed by atoms with E-state index in [1.807, 2.05) is 42.8 Å². The Balaban J connectivity index is 1.55. The Morgan fingerprint density at radius 1 is 1.17 bits per heavy atom. The topological polar surface area (TPSA) is 74.0 Å². The number of guanidine groups is 1. The first-order valence-electron chi connectivity index (χ1n) is 9.16. The van der Waals surface area contributed by atoms with Crippen molar-refractivity contribution in [3.63, 3.8) is 0 Å². The third-order valence-corrected chi connectivity index (χ3v) is 4.77. The van der Waals surface area contributed by atoms with Crippen LogP contribution in [0.25, 0.3) is 11.8 Å². The second-order valence-corrected chi connectivity index (χ2v) is 7.02. The molecule has 0 bridgehead atoms. The summed E-state index contributed by atoms with van der Waals surface area (Å²) in [6, 6.07) is 11.8. The van der Waals surface area contributed by atoms with Crippen molar-refractivity contribution in [2.45, 2.75) is 20.4 Å². The Bertz CT molecular complexity index is 1130. The summed E-state index contributed by atoms with van der Waals surface area (Å²) in [5.74, 6) is -0.612. The molecule has 3 aromatic rings. The number of benzene rings is 2. The van der Waals surface area contributed by atoms with Crippen molar-refractivity contribution in [1.82, 2.24) is 19.8 Å². The summed E-state index contributed by atoms with van der Waals surface area (Å²) in [7, 11) is 0. The van der Waals surface area contributed by atoms with E-state index in [0.29, 0.717) is 5.70 Å². The van der Waals surface area contributed by atoms with Crippen LogP contribution in [0.4, 0.5) is 4.39 Å². The molecule has 2 aromatic carbocycles. The number of carbonyl (C=O) groups is 1. The van der Waals surface area contributed by atoms with Crippen molar-refractivity contribution in [1.29, 1.82) is 5.41 Å². The molecule has 0 aliphatic carbocycles. The monoisotopic (exact) mass is 389 g/mol. The van der Waals surface area contributed by atoms with E-state index in [1.54, 1.807) is 24.5 Å². The van der Waals surface area contributed by atoms with E-state index in [9.17, 15) is 9.18 Å². The van der Waals surface area contributed by atoms with Gasteiger partial charge in [-0.1, -0.05) is 18.2 Å². The first kappa shape index (κ1) is 18.6. The quantitative estimate of drug-likeness (QED) is 0.671. The minimum Gasteiger partial charge on any atom is -0.321 e. The minimum atomic E-state index is -0.333. The lowest BCUT2D eigenvalue weighted by Crippen LogP contribution is -2.30. The number of aryl methyl sites for hydroxylation is 2. The number of aromatic nitrogens is 2. The van der Waals surface area contributed by atoms with Crippen LogP contribution in [0, 0.1) is 25.1 Å². The molecule has 6 nitrogen and oxygen atoms in total. The molecule has 0 radical (unpaired) electrons. The van der Waals surface area contributed by atoms with Gasteiger partial charge in [-0.05, 0) is 60.9 Å². The summed E-state index contributed by atoms with van der Waals surface area (Å²) in [5.41, 5.74) is 4.95. The number of nitrogens with one attached hydrogen (secondary N) is 2. The number of rotatable bonds is 4. The third-order valence-electron chi connectivity index (χ3n) is 4.77. The fourth-order valence-electron chi connectivity index (χ4n) is 3.29. The van der Waals surface area contributed by atoms with E-state index < -0.39 is 0 Å². The Labute approximate surface area is 167 Å². The standard InChI is InChI=1S/C22H20FN5O/c1-14-9-17(5-8-20(14)27-11-15(2)25-13-27)10-19-21(29)28(22(24)26-19)12-16-3-6-18(23)7-4-16/h3-11,13H,12H2,1-2H3,(H2,24,26)/b19-10-. The molecule has 0 atom stereocenters. The van der Waals surface area contributed by atoms with E-state index in [-0.39, 0.29) is 24.2 Å². The summed E-state index contributed by atoms with van der Waals surface area (Å²) in [5, 5.41) is 10.9. The lowest BCUT2D eigenvalue weighted by molar-refractivity contribution is -0.122. The van der Waals surface area contributed by atoms with E-state index in [4.69, 9.17) is 5.41 Å². The predicted octanol–water partition coefficient (Wildman–Crippen LogP) is 3.54. The van der Waals surface area contributed by atoms with Crippen molar-refractivity contribution in [3.05, 3.63) is 88.9 Å². The van der Waals surface area contributed by atoms with Gasteiger partial charge < -0.3 is 9.88 Å². The molecule has 0 saturated carbocycles. The molecule has 2 heterocycles. The van der Waals surface area contributed by atoms with Crippen molar-refractivity contribution in [3.8, 4) is 5.69 Å². The molecule has 0 spiro atoms. The lowest BCUT2D eigenvalue weighted by Gasteiger charge is -2.13. The normalized spacial score (nSPS) is 15.3. The van der Waals surface area contributed by atoms with Crippen LogP contribution in [0.5, 0.6) is 0 Å². The van der Waals surface area contributed by atoms with Crippen LogP contribution in [0.2, 0.25) is 0 Å². The average molecular weight is 389 g/mol. The SMILES string of the molecule is Cc1cn(-c2ccc(/C=C3\NC(=N)N(Cc4ccc(F)cc4)C3=O)cc2C)cn1. The van der Waals surface area contributed by atoms with Gasteiger partial charge in [0.05, 0.1) is 18.6 Å². The summed E-state index contributed by atoms with van der Waals surface area (Å²) in [4.78, 5) is 18.3. The number of hydrogen-bond donors (Lipinski definition) is 2. The van der Waals surface area contributed by atoms with Gasteiger partial charge in [0, 0.05) is 11.9 Å². The third kappa shape index (κ3) is 3.80. The maximum atomic E-state index is 13.1. The summed E-state index contributed by atoms with van der Waals surface area (Å²) < 4.78 is 15.0. The smallest absolute Gasteiger partial charge is 0.277 e. The van der Waals surface area contributed by atoms with E-state index in [2.05, 4.69) is 10.3 Å². The highest BCUT2D eigenvalue weighted by molar-refractivity contribution is 6.14. The number of nitrogens with zero attached hydrogens (tertiary/aromatic N) is 3. The molecule has 1 saturated heterocycles. The van der Waals surface area contributed by atoms with E-state index in [1.165, 1.54) is 17.0 Å². The van der Waals surface area contributed by atoms with Crippen LogP contribution in [0.15, 0.2) is 60.7 Å². The number of amides is 1. The zero-order valence-electron chi connectivity index (χ0n) is 16.1. The fourth-order valence-corrected chi connectivity index (χ4v) is 3.29. The Morgan fingerprint density at radius 2 is 1.93 bits per heavy atom. The Kier molecular flexibility index (Phi) is 4.72. The number of halogens is 1. The zero-order chi connectivity index (χ0) is 20.5. The van der Waals surface area contributed by atoms with Gasteiger partial charge in [-0.3, -0.25) is 15.1 Å². The highest BCUT2D eigenvalue weighted by Crippen LogP contribution is 2.20. The Hall–Kier alpha value is -3.74. The van der Waals surface area contributed by atoms with E-state index >= 15 is 0 Å². The minimum absolute atomic E-state index is 0.00723. The zero-order valence-corrected chi connectivity index (χ0v) is 16.1. The van der Waals surface area contributed by atoms with Crippen molar-refractivity contribution in [2.24, 2.45) is 0 Å². The summed E-state index contributed by atoms with van der Waals surface area (Å²) >= 11 is 0. The molecule has 0 unspecified atom stereocenters. The van der Waals surface area contributed by atoms with Crippen LogP contribution in [-0.2, 0) is 11.3 Å². The van der Waals surface area contributed by atoms with Crippen molar-refractivity contribution < 1.29 is 9.18 Å². The highest BCUT2D eigenvalue weighted by Gasteiger charge is 2.30. The highest BCUT2D eigenvalue weighted by atomic mass is 19.1. The van der Waals surface area contributed by atoms with Crippen LogP contribution < -0.4 is 5.32 Å². The molecule has 2 N–H and O–H groups in total. The molecular weight excluding hydrogens is 369 g/mol. The number of imidazole rings is 1. The van der Waals surface area contributed by atoms with E-state index in [0.717, 1.165) is 28.1 Å². The molecule has 146 valence electrons. The molecule has 1 aromatic heterocycles. The van der Waals surface area contributed by atoms with Crippen molar-refractivity contribution in [2.75, 3.05) is 0 Å². The van der Waals surface area contributed by atoms with Crippen LogP contribution in [-0.4, -0.2) is 26.3 Å². The summed E-state index contributed by atoms with van der Waals surface area (Å²) in [6.45, 7) is 4.15.